The number of nitrogens with one attached hydrogen (secondary N) is 2. The Kier molecular flexibility index (Phi) is 6.58. The van der Waals surface area contributed by atoms with Gasteiger partial charge in [0.15, 0.2) is 0 Å². The monoisotopic (exact) mass is 283 g/mol. The number of aromatic amines is 1. The van der Waals surface area contributed by atoms with Gasteiger partial charge in [-0.05, 0) is 45.6 Å². The minimum absolute atomic E-state index is 0.0264. The van der Waals surface area contributed by atoms with Gasteiger partial charge in [0.25, 0.3) is 5.56 Å². The van der Waals surface area contributed by atoms with E-state index in [1.165, 1.54) is 0 Å². The highest BCUT2D eigenvalue weighted by molar-refractivity contribution is 7.99. The second-order valence-corrected chi connectivity index (χ2v) is 6.32. The van der Waals surface area contributed by atoms with Crippen LogP contribution in [-0.4, -0.2) is 27.5 Å². The molecular formula is C14H25N3OS. The molecule has 4 nitrogen and oxygen atoms in total. The van der Waals surface area contributed by atoms with Gasteiger partial charge in [-0.2, -0.15) is 11.8 Å². The molecule has 2 N–H and O–H groups in total. The maximum Gasteiger partial charge on any atom is 0.255 e. The molecule has 2 atom stereocenters. The highest BCUT2D eigenvalue weighted by Crippen LogP contribution is 2.13. The average Bonchev–Trinajstić information content (AvgIpc) is 2.27. The molecule has 108 valence electrons. The Bertz CT molecular complexity index is 458. The van der Waals surface area contributed by atoms with Crippen molar-refractivity contribution in [2.45, 2.75) is 53.1 Å². The van der Waals surface area contributed by atoms with Crippen molar-refractivity contribution in [1.29, 1.82) is 0 Å². The summed E-state index contributed by atoms with van der Waals surface area (Å²) in [6.45, 7) is 10.1. The van der Waals surface area contributed by atoms with Gasteiger partial charge >= 0.3 is 0 Å². The van der Waals surface area contributed by atoms with Crippen LogP contribution in [0.4, 0.5) is 0 Å². The van der Waals surface area contributed by atoms with E-state index >= 15 is 0 Å². The maximum absolute atomic E-state index is 12.0. The summed E-state index contributed by atoms with van der Waals surface area (Å²) in [5.74, 6) is 2.98. The molecule has 1 heterocycles. The molecule has 0 saturated carbocycles. The van der Waals surface area contributed by atoms with Crippen LogP contribution in [0.15, 0.2) is 4.79 Å². The fourth-order valence-electron chi connectivity index (χ4n) is 2.24. The van der Waals surface area contributed by atoms with Crippen molar-refractivity contribution in [2.75, 3.05) is 11.5 Å². The summed E-state index contributed by atoms with van der Waals surface area (Å²) in [7, 11) is 0. The molecule has 0 spiro atoms. The van der Waals surface area contributed by atoms with Gasteiger partial charge < -0.3 is 10.3 Å². The van der Waals surface area contributed by atoms with Crippen LogP contribution >= 0.6 is 11.8 Å². The minimum atomic E-state index is -0.0277. The fourth-order valence-corrected chi connectivity index (χ4v) is 3.05. The van der Waals surface area contributed by atoms with Crippen molar-refractivity contribution in [3.05, 3.63) is 27.4 Å². The van der Waals surface area contributed by atoms with Gasteiger partial charge in [-0.15, -0.1) is 0 Å². The van der Waals surface area contributed by atoms with E-state index in [0.717, 1.165) is 29.2 Å². The summed E-state index contributed by atoms with van der Waals surface area (Å²) in [4.78, 5) is 19.1. The molecule has 1 aromatic heterocycles. The van der Waals surface area contributed by atoms with Crippen molar-refractivity contribution in [3.63, 3.8) is 0 Å². The van der Waals surface area contributed by atoms with Crippen LogP contribution in [0.3, 0.4) is 0 Å². The molecule has 0 aliphatic heterocycles. The van der Waals surface area contributed by atoms with Crippen molar-refractivity contribution in [3.8, 4) is 0 Å². The Morgan fingerprint density at radius 3 is 2.63 bits per heavy atom. The van der Waals surface area contributed by atoms with Gasteiger partial charge in [0.05, 0.1) is 5.56 Å². The number of hydrogen-bond acceptors (Lipinski definition) is 4. The molecule has 0 bridgehead atoms. The molecule has 0 radical (unpaired) electrons. The Morgan fingerprint density at radius 1 is 1.37 bits per heavy atom. The quantitative estimate of drug-likeness (QED) is 0.755. The third-order valence-corrected chi connectivity index (χ3v) is 4.06. The molecule has 0 aliphatic carbocycles. The zero-order valence-corrected chi connectivity index (χ0v) is 13.4. The van der Waals surface area contributed by atoms with Crippen molar-refractivity contribution < 1.29 is 0 Å². The normalized spacial score (nSPS) is 14.4. The molecule has 1 rings (SSSR count). The minimum Gasteiger partial charge on any atom is -0.310 e. The summed E-state index contributed by atoms with van der Waals surface area (Å²) < 4.78 is 0. The first-order valence-corrected chi connectivity index (χ1v) is 8.02. The summed E-state index contributed by atoms with van der Waals surface area (Å²) in [5, 5.41) is 3.48. The lowest BCUT2D eigenvalue weighted by atomic mass is 10.1. The van der Waals surface area contributed by atoms with E-state index in [1.807, 2.05) is 25.6 Å². The first-order valence-electron chi connectivity index (χ1n) is 6.86. The van der Waals surface area contributed by atoms with E-state index in [-0.39, 0.29) is 11.6 Å². The lowest BCUT2D eigenvalue weighted by molar-refractivity contribution is 0.466. The molecule has 0 aromatic carbocycles. The van der Waals surface area contributed by atoms with Crippen molar-refractivity contribution in [1.82, 2.24) is 15.3 Å². The van der Waals surface area contributed by atoms with Gasteiger partial charge in [0.2, 0.25) is 0 Å². The van der Waals surface area contributed by atoms with Crippen LogP contribution in [0.25, 0.3) is 0 Å². The van der Waals surface area contributed by atoms with Gasteiger partial charge in [0.1, 0.15) is 5.82 Å². The highest BCUT2D eigenvalue weighted by atomic mass is 32.2. The SMILES string of the molecule is CCSCCC(C)NC(C)c1c(C)nc(C)[nH]c1=O. The second kappa shape index (κ2) is 7.70. The Morgan fingerprint density at radius 2 is 2.05 bits per heavy atom. The summed E-state index contributed by atoms with van der Waals surface area (Å²) in [6.07, 6.45) is 1.11. The number of H-pyrrole nitrogens is 1. The highest BCUT2D eigenvalue weighted by Gasteiger charge is 2.16. The Hall–Kier alpha value is -0.810. The van der Waals surface area contributed by atoms with Gasteiger partial charge in [-0.1, -0.05) is 6.92 Å². The van der Waals surface area contributed by atoms with Crippen LogP contribution in [-0.2, 0) is 0 Å². The first kappa shape index (κ1) is 16.2. The number of nitrogens with zero attached hydrogens (tertiary/aromatic N) is 1. The first-order chi connectivity index (χ1) is 8.95. The molecule has 0 aliphatic rings. The van der Waals surface area contributed by atoms with Crippen LogP contribution in [0.1, 0.15) is 50.3 Å². The van der Waals surface area contributed by atoms with Crippen LogP contribution < -0.4 is 10.9 Å². The molecule has 5 heteroatoms. The largest absolute Gasteiger partial charge is 0.310 e. The van der Waals surface area contributed by atoms with E-state index < -0.39 is 0 Å². The fraction of sp³-hybridized carbons (Fsp3) is 0.714. The molecule has 19 heavy (non-hydrogen) atoms. The second-order valence-electron chi connectivity index (χ2n) is 4.93. The molecule has 2 unspecified atom stereocenters. The Labute approximate surface area is 119 Å². The van der Waals surface area contributed by atoms with Crippen molar-refractivity contribution in [2.24, 2.45) is 0 Å². The van der Waals surface area contributed by atoms with Gasteiger partial charge in [-0.3, -0.25) is 4.79 Å². The van der Waals surface area contributed by atoms with E-state index in [0.29, 0.717) is 11.9 Å². The van der Waals surface area contributed by atoms with E-state index in [4.69, 9.17) is 0 Å². The van der Waals surface area contributed by atoms with Crippen LogP contribution in [0, 0.1) is 13.8 Å². The Balaban J connectivity index is 2.68. The molecule has 0 fully saturated rings. The molecule has 0 saturated heterocycles. The van der Waals surface area contributed by atoms with Crippen LogP contribution in [0.5, 0.6) is 0 Å². The molecule has 1 aromatic rings. The summed E-state index contributed by atoms with van der Waals surface area (Å²) in [5.41, 5.74) is 1.54. The van der Waals surface area contributed by atoms with Gasteiger partial charge in [-0.25, -0.2) is 4.98 Å². The lowest BCUT2D eigenvalue weighted by Gasteiger charge is -2.20. The molecular weight excluding hydrogens is 258 g/mol. The topological polar surface area (TPSA) is 57.8 Å². The smallest absolute Gasteiger partial charge is 0.255 e. The lowest BCUT2D eigenvalue weighted by Crippen LogP contribution is -2.34. The number of thioether (sulfide) groups is 1. The van der Waals surface area contributed by atoms with E-state index in [2.05, 4.69) is 29.1 Å². The number of aromatic nitrogens is 2. The van der Waals surface area contributed by atoms with Gasteiger partial charge in [0, 0.05) is 17.8 Å². The maximum atomic E-state index is 12.0. The van der Waals surface area contributed by atoms with Crippen molar-refractivity contribution >= 4 is 11.8 Å². The van der Waals surface area contributed by atoms with E-state index in [9.17, 15) is 4.79 Å². The van der Waals surface area contributed by atoms with E-state index in [1.54, 1.807) is 6.92 Å². The number of rotatable bonds is 7. The predicted molar refractivity (Wildman–Crippen MR) is 83.0 cm³/mol. The van der Waals surface area contributed by atoms with Crippen LogP contribution in [0.2, 0.25) is 0 Å². The number of hydrogen-bond donors (Lipinski definition) is 2. The standard InChI is InChI=1S/C14H25N3OS/c1-6-19-8-7-9(2)15-10(3)13-11(4)16-12(5)17-14(13)18/h9-10,15H,6-8H2,1-5H3,(H,16,17,18). The summed E-state index contributed by atoms with van der Waals surface area (Å²) >= 11 is 1.95. The third kappa shape index (κ3) is 4.99. The zero-order chi connectivity index (χ0) is 14.4. The predicted octanol–water partition coefficient (Wildman–Crippen LogP) is 2.57. The average molecular weight is 283 g/mol. The third-order valence-electron chi connectivity index (χ3n) is 3.13. The number of aryl methyl sites for hydroxylation is 2. The molecule has 0 amide bonds. The summed E-state index contributed by atoms with van der Waals surface area (Å²) in [6, 6.07) is 0.424. The zero-order valence-electron chi connectivity index (χ0n) is 12.5.